The van der Waals surface area contributed by atoms with Crippen LogP contribution in [-0.2, 0) is 4.79 Å². The topological polar surface area (TPSA) is 17.1 Å². The first-order chi connectivity index (χ1) is 6.87. The number of rotatable bonds is 7. The van der Waals surface area contributed by atoms with Crippen LogP contribution in [0.5, 0.6) is 0 Å². The summed E-state index contributed by atoms with van der Waals surface area (Å²) < 4.78 is 49.9. The van der Waals surface area contributed by atoms with E-state index >= 15 is 0 Å². The molecule has 0 heterocycles. The van der Waals surface area contributed by atoms with Crippen LogP contribution in [0.3, 0.4) is 0 Å². The molecule has 0 radical (unpaired) electrons. The second-order valence-corrected chi connectivity index (χ2v) is 4.51. The van der Waals surface area contributed by atoms with Crippen LogP contribution in [-0.4, -0.2) is 29.6 Å². The van der Waals surface area contributed by atoms with Crippen LogP contribution >= 0.6 is 11.8 Å². The van der Waals surface area contributed by atoms with Crippen molar-refractivity contribution in [2.24, 2.45) is 0 Å². The summed E-state index contributed by atoms with van der Waals surface area (Å²) in [4.78, 5) is 10.5. The van der Waals surface area contributed by atoms with Gasteiger partial charge in [0.15, 0.2) is 5.12 Å². The minimum Gasteiger partial charge on any atom is -0.288 e. The highest BCUT2D eigenvalue weighted by Crippen LogP contribution is 2.27. The minimum atomic E-state index is -3.01. The lowest BCUT2D eigenvalue weighted by molar-refractivity contribution is -0.109. The molecule has 0 fully saturated rings. The fourth-order valence-electron chi connectivity index (χ4n) is 0.914. The Morgan fingerprint density at radius 1 is 1.40 bits per heavy atom. The summed E-state index contributed by atoms with van der Waals surface area (Å²) in [6, 6.07) is 0. The fourth-order valence-corrected chi connectivity index (χ4v) is 1.60. The van der Waals surface area contributed by atoms with Crippen molar-refractivity contribution in [2.75, 3.05) is 12.4 Å². The Balaban J connectivity index is 3.71. The fraction of sp³-hybridized carbons (Fsp3) is 0.889. The van der Waals surface area contributed by atoms with E-state index in [4.69, 9.17) is 0 Å². The summed E-state index contributed by atoms with van der Waals surface area (Å²) >= 11 is 0.811. The van der Waals surface area contributed by atoms with Gasteiger partial charge in [0.1, 0.15) is 12.8 Å². The third kappa shape index (κ3) is 8.72. The lowest BCUT2D eigenvalue weighted by Gasteiger charge is -2.16. The maximum Gasteiger partial charge on any atom is 0.249 e. The molecule has 0 aliphatic carbocycles. The SMILES string of the molecule is CC(=O)SCCC(F)(F)CCC(F)CF. The third-order valence-electron chi connectivity index (χ3n) is 1.76. The second kappa shape index (κ2) is 7.09. The number of alkyl halides is 4. The van der Waals surface area contributed by atoms with Gasteiger partial charge in [0.05, 0.1) is 0 Å². The zero-order valence-electron chi connectivity index (χ0n) is 8.44. The van der Waals surface area contributed by atoms with Gasteiger partial charge >= 0.3 is 0 Å². The number of hydrogen-bond donors (Lipinski definition) is 0. The molecule has 0 aliphatic heterocycles. The maximum atomic E-state index is 13.0. The third-order valence-corrected chi connectivity index (χ3v) is 2.58. The van der Waals surface area contributed by atoms with Crippen LogP contribution in [0.15, 0.2) is 0 Å². The Morgan fingerprint density at radius 3 is 2.47 bits per heavy atom. The molecule has 6 heteroatoms. The van der Waals surface area contributed by atoms with Crippen LogP contribution in [0.2, 0.25) is 0 Å². The van der Waals surface area contributed by atoms with Crippen molar-refractivity contribution in [1.82, 2.24) is 0 Å². The van der Waals surface area contributed by atoms with Gasteiger partial charge in [0, 0.05) is 25.5 Å². The van der Waals surface area contributed by atoms with Crippen LogP contribution in [0.1, 0.15) is 26.2 Å². The molecule has 0 saturated carbocycles. The van der Waals surface area contributed by atoms with Gasteiger partial charge in [-0.1, -0.05) is 11.8 Å². The van der Waals surface area contributed by atoms with Crippen molar-refractivity contribution in [1.29, 1.82) is 0 Å². The molecular formula is C9H14F4OS. The van der Waals surface area contributed by atoms with E-state index in [2.05, 4.69) is 0 Å². The van der Waals surface area contributed by atoms with Gasteiger partial charge in [-0.15, -0.1) is 0 Å². The van der Waals surface area contributed by atoms with E-state index in [1.54, 1.807) is 0 Å². The normalized spacial score (nSPS) is 13.9. The molecule has 15 heavy (non-hydrogen) atoms. The van der Waals surface area contributed by atoms with Crippen molar-refractivity contribution in [3.8, 4) is 0 Å². The first kappa shape index (κ1) is 14.7. The Hall–Kier alpha value is -0.260. The average Bonchev–Trinajstić information content (AvgIpc) is 2.13. The average molecular weight is 246 g/mol. The van der Waals surface area contributed by atoms with Crippen molar-refractivity contribution in [2.45, 2.75) is 38.3 Å². The van der Waals surface area contributed by atoms with Gasteiger partial charge in [-0.2, -0.15) is 0 Å². The highest BCUT2D eigenvalue weighted by Gasteiger charge is 2.29. The first-order valence-corrected chi connectivity index (χ1v) is 5.57. The standard InChI is InChI=1S/C9H14F4OS/c1-7(14)15-5-4-9(12,13)3-2-8(11)6-10/h8H,2-6H2,1H3. The zero-order chi connectivity index (χ0) is 11.9. The Morgan fingerprint density at radius 2 is 2.00 bits per heavy atom. The molecule has 90 valence electrons. The molecule has 0 amide bonds. The van der Waals surface area contributed by atoms with Gasteiger partial charge in [-0.05, 0) is 6.42 Å². The molecule has 1 nitrogen and oxygen atoms in total. The number of hydrogen-bond acceptors (Lipinski definition) is 2. The summed E-state index contributed by atoms with van der Waals surface area (Å²) in [5, 5.41) is -0.224. The van der Waals surface area contributed by atoms with E-state index in [0.717, 1.165) is 11.8 Å². The first-order valence-electron chi connectivity index (χ1n) is 4.58. The Kier molecular flexibility index (Phi) is 6.96. The van der Waals surface area contributed by atoms with Crippen LogP contribution in [0.4, 0.5) is 17.6 Å². The van der Waals surface area contributed by atoms with E-state index in [-0.39, 0.29) is 10.9 Å². The van der Waals surface area contributed by atoms with Crippen LogP contribution < -0.4 is 0 Å². The molecule has 1 atom stereocenters. The lowest BCUT2D eigenvalue weighted by atomic mass is 10.1. The monoisotopic (exact) mass is 246 g/mol. The largest absolute Gasteiger partial charge is 0.288 e. The lowest BCUT2D eigenvalue weighted by Crippen LogP contribution is -2.20. The smallest absolute Gasteiger partial charge is 0.249 e. The summed E-state index contributed by atoms with van der Waals surface area (Å²) in [5.41, 5.74) is 0. The van der Waals surface area contributed by atoms with Crippen molar-refractivity contribution in [3.63, 3.8) is 0 Å². The minimum absolute atomic E-state index is 0.00884. The molecule has 0 aromatic rings. The molecule has 0 rings (SSSR count). The highest BCUT2D eigenvalue weighted by molar-refractivity contribution is 8.13. The van der Waals surface area contributed by atoms with Gasteiger partial charge < -0.3 is 0 Å². The molecule has 1 unspecified atom stereocenters. The van der Waals surface area contributed by atoms with E-state index in [1.165, 1.54) is 6.92 Å². The molecular weight excluding hydrogens is 232 g/mol. The van der Waals surface area contributed by atoms with Gasteiger partial charge in [-0.3, -0.25) is 4.79 Å². The number of carbonyl (C=O) groups excluding carboxylic acids is 1. The molecule has 0 spiro atoms. The van der Waals surface area contributed by atoms with Gasteiger partial charge in [0.25, 0.3) is 0 Å². The van der Waals surface area contributed by atoms with Crippen molar-refractivity contribution in [3.05, 3.63) is 0 Å². The van der Waals surface area contributed by atoms with E-state index in [0.29, 0.717) is 0 Å². The number of halogens is 4. The molecule has 0 N–H and O–H groups in total. The van der Waals surface area contributed by atoms with E-state index < -0.39 is 38.0 Å². The van der Waals surface area contributed by atoms with Gasteiger partial charge in [-0.25, -0.2) is 17.6 Å². The predicted octanol–water partition coefficient (Wildman–Crippen LogP) is 3.38. The highest BCUT2D eigenvalue weighted by atomic mass is 32.2. The number of thioether (sulfide) groups is 1. The maximum absolute atomic E-state index is 13.0. The van der Waals surface area contributed by atoms with Crippen molar-refractivity contribution < 1.29 is 22.4 Å². The summed E-state index contributed by atoms with van der Waals surface area (Å²) in [5.74, 6) is -3.00. The summed E-state index contributed by atoms with van der Waals surface area (Å²) in [6.07, 6.45) is -3.43. The second-order valence-electron chi connectivity index (χ2n) is 3.24. The molecule has 0 aromatic carbocycles. The van der Waals surface area contributed by atoms with Crippen molar-refractivity contribution >= 4 is 16.9 Å². The Labute approximate surface area is 90.6 Å². The summed E-state index contributed by atoms with van der Waals surface area (Å²) in [7, 11) is 0. The van der Waals surface area contributed by atoms with Crippen LogP contribution in [0.25, 0.3) is 0 Å². The molecule has 0 saturated heterocycles. The Bertz CT molecular complexity index is 199. The molecule has 0 aliphatic rings. The molecule has 0 aromatic heterocycles. The summed E-state index contributed by atoms with van der Waals surface area (Å²) in [6.45, 7) is 0.0712. The predicted molar refractivity (Wildman–Crippen MR) is 52.8 cm³/mol. The van der Waals surface area contributed by atoms with Gasteiger partial charge in [0.2, 0.25) is 5.92 Å². The van der Waals surface area contributed by atoms with Crippen LogP contribution in [0, 0.1) is 0 Å². The molecule has 0 bridgehead atoms. The van der Waals surface area contributed by atoms with E-state index in [1.807, 2.05) is 0 Å². The number of carbonyl (C=O) groups is 1. The quantitative estimate of drug-likeness (QED) is 0.640. The van der Waals surface area contributed by atoms with E-state index in [9.17, 15) is 22.4 Å². The zero-order valence-corrected chi connectivity index (χ0v) is 9.26.